The topological polar surface area (TPSA) is 35.0 Å². The number of aromatic nitrogens is 2. The minimum Gasteiger partial charge on any atom is -0.439 e. The molecule has 0 saturated heterocycles. The lowest BCUT2D eigenvalue weighted by molar-refractivity contribution is 0.452. The molecule has 1 aromatic heterocycles. The second-order valence-electron chi connectivity index (χ2n) is 4.97. The molecular weight excluding hydrogens is 295 g/mol. The highest BCUT2D eigenvalue weighted by molar-refractivity contribution is 6.31. The smallest absolute Gasteiger partial charge is 0.226 e. The standard InChI is InChI=1S/C15H16Cl2N2O/c1-8(2)14-18-13(17)10(4)15(19-14)20-11-5-6-12(16)9(3)7-11/h5-8H,1-4H3. The summed E-state index contributed by atoms with van der Waals surface area (Å²) in [5, 5.41) is 1.13. The minimum atomic E-state index is 0.183. The van der Waals surface area contributed by atoms with Gasteiger partial charge in [-0.25, -0.2) is 4.98 Å². The molecule has 0 fully saturated rings. The van der Waals surface area contributed by atoms with Crippen LogP contribution in [-0.2, 0) is 0 Å². The summed E-state index contributed by atoms with van der Waals surface area (Å²) in [5.74, 6) is 2.01. The van der Waals surface area contributed by atoms with Crippen LogP contribution in [0.1, 0.15) is 36.7 Å². The molecule has 0 N–H and O–H groups in total. The van der Waals surface area contributed by atoms with Crippen LogP contribution in [0.5, 0.6) is 11.6 Å². The Bertz CT molecular complexity index is 642. The van der Waals surface area contributed by atoms with Crippen molar-refractivity contribution in [2.75, 3.05) is 0 Å². The number of halogens is 2. The zero-order valence-corrected chi connectivity index (χ0v) is 13.4. The maximum Gasteiger partial charge on any atom is 0.226 e. The van der Waals surface area contributed by atoms with Crippen molar-refractivity contribution in [1.82, 2.24) is 9.97 Å². The highest BCUT2D eigenvalue weighted by Gasteiger charge is 2.13. The number of nitrogens with zero attached hydrogens (tertiary/aromatic N) is 2. The molecular formula is C15H16Cl2N2O. The third-order valence-electron chi connectivity index (χ3n) is 2.92. The van der Waals surface area contributed by atoms with Crippen molar-refractivity contribution in [1.29, 1.82) is 0 Å². The predicted octanol–water partition coefficient (Wildman–Crippen LogP) is 5.32. The van der Waals surface area contributed by atoms with Crippen LogP contribution < -0.4 is 4.74 Å². The third-order valence-corrected chi connectivity index (χ3v) is 3.71. The molecule has 0 aliphatic heterocycles. The van der Waals surface area contributed by atoms with E-state index in [4.69, 9.17) is 27.9 Å². The van der Waals surface area contributed by atoms with Gasteiger partial charge in [0.1, 0.15) is 16.7 Å². The van der Waals surface area contributed by atoms with E-state index in [9.17, 15) is 0 Å². The maximum atomic E-state index is 6.13. The average molecular weight is 311 g/mol. The highest BCUT2D eigenvalue weighted by Crippen LogP contribution is 2.30. The lowest BCUT2D eigenvalue weighted by Gasteiger charge is -2.12. The summed E-state index contributed by atoms with van der Waals surface area (Å²) < 4.78 is 5.82. The van der Waals surface area contributed by atoms with E-state index in [0.717, 1.165) is 11.1 Å². The first-order valence-electron chi connectivity index (χ1n) is 6.36. The van der Waals surface area contributed by atoms with Crippen molar-refractivity contribution in [2.24, 2.45) is 0 Å². The van der Waals surface area contributed by atoms with Crippen molar-refractivity contribution >= 4 is 23.2 Å². The van der Waals surface area contributed by atoms with Gasteiger partial charge in [-0.2, -0.15) is 4.98 Å². The first-order valence-corrected chi connectivity index (χ1v) is 7.12. The summed E-state index contributed by atoms with van der Waals surface area (Å²) in [5.41, 5.74) is 1.68. The fraction of sp³-hybridized carbons (Fsp3) is 0.333. The normalized spacial score (nSPS) is 10.9. The number of rotatable bonds is 3. The van der Waals surface area contributed by atoms with Gasteiger partial charge in [-0.05, 0) is 37.6 Å². The van der Waals surface area contributed by atoms with Crippen LogP contribution in [0.2, 0.25) is 10.2 Å². The Hall–Kier alpha value is -1.32. The Balaban J connectivity index is 2.39. The summed E-state index contributed by atoms with van der Waals surface area (Å²) >= 11 is 12.1. The van der Waals surface area contributed by atoms with Gasteiger partial charge in [0.05, 0.1) is 0 Å². The number of aryl methyl sites for hydroxylation is 1. The van der Waals surface area contributed by atoms with Crippen LogP contribution in [0, 0.1) is 13.8 Å². The molecule has 2 rings (SSSR count). The fourth-order valence-corrected chi connectivity index (χ4v) is 1.92. The summed E-state index contributed by atoms with van der Waals surface area (Å²) in [6.07, 6.45) is 0. The van der Waals surface area contributed by atoms with Gasteiger partial charge in [-0.1, -0.05) is 37.0 Å². The monoisotopic (exact) mass is 310 g/mol. The van der Waals surface area contributed by atoms with Crippen molar-refractivity contribution in [3.8, 4) is 11.6 Å². The largest absolute Gasteiger partial charge is 0.439 e. The van der Waals surface area contributed by atoms with Gasteiger partial charge < -0.3 is 4.74 Å². The lowest BCUT2D eigenvalue weighted by Crippen LogP contribution is -2.02. The summed E-state index contributed by atoms with van der Waals surface area (Å²) in [6.45, 7) is 7.79. The van der Waals surface area contributed by atoms with Crippen LogP contribution in [-0.4, -0.2) is 9.97 Å². The van der Waals surface area contributed by atoms with Gasteiger partial charge >= 0.3 is 0 Å². The van der Waals surface area contributed by atoms with E-state index in [0.29, 0.717) is 27.6 Å². The van der Waals surface area contributed by atoms with Crippen LogP contribution in [0.4, 0.5) is 0 Å². The molecule has 0 aliphatic carbocycles. The van der Waals surface area contributed by atoms with Crippen LogP contribution in [0.25, 0.3) is 0 Å². The number of benzene rings is 1. The molecule has 106 valence electrons. The molecule has 0 radical (unpaired) electrons. The Kier molecular flexibility index (Phi) is 4.51. The van der Waals surface area contributed by atoms with E-state index in [1.165, 1.54) is 0 Å². The quantitative estimate of drug-likeness (QED) is 0.720. The number of hydrogen-bond donors (Lipinski definition) is 0. The van der Waals surface area contributed by atoms with E-state index < -0.39 is 0 Å². The SMILES string of the molecule is Cc1cc(Oc2nc(C(C)C)nc(Cl)c2C)ccc1Cl. The zero-order valence-electron chi connectivity index (χ0n) is 11.9. The fourth-order valence-electron chi connectivity index (χ4n) is 1.64. The molecule has 0 atom stereocenters. The molecule has 5 heteroatoms. The molecule has 3 nitrogen and oxygen atoms in total. The Morgan fingerprint density at radius 2 is 1.80 bits per heavy atom. The second-order valence-corrected chi connectivity index (χ2v) is 5.74. The van der Waals surface area contributed by atoms with Crippen LogP contribution in [0.15, 0.2) is 18.2 Å². The Morgan fingerprint density at radius 1 is 1.10 bits per heavy atom. The third kappa shape index (κ3) is 3.22. The van der Waals surface area contributed by atoms with E-state index in [2.05, 4.69) is 9.97 Å². The van der Waals surface area contributed by atoms with Crippen molar-refractivity contribution < 1.29 is 4.74 Å². The second kappa shape index (κ2) is 5.98. The summed E-state index contributed by atoms with van der Waals surface area (Å²) in [4.78, 5) is 8.69. The Labute approximate surface area is 128 Å². The lowest BCUT2D eigenvalue weighted by atomic mass is 10.2. The van der Waals surface area contributed by atoms with Crippen LogP contribution >= 0.6 is 23.2 Å². The van der Waals surface area contributed by atoms with Crippen molar-refractivity contribution in [3.63, 3.8) is 0 Å². The van der Waals surface area contributed by atoms with Gasteiger partial charge in [-0.15, -0.1) is 0 Å². The van der Waals surface area contributed by atoms with Gasteiger partial charge in [0.2, 0.25) is 5.88 Å². The summed E-state index contributed by atoms with van der Waals surface area (Å²) in [6, 6.07) is 5.47. The highest BCUT2D eigenvalue weighted by atomic mass is 35.5. The molecule has 1 aromatic carbocycles. The maximum absolute atomic E-state index is 6.13. The molecule has 0 aliphatic rings. The average Bonchev–Trinajstić information content (AvgIpc) is 2.38. The van der Waals surface area contributed by atoms with Gasteiger partial charge in [0, 0.05) is 16.5 Å². The first kappa shape index (κ1) is 15.1. The Morgan fingerprint density at radius 3 is 2.40 bits per heavy atom. The molecule has 1 heterocycles. The molecule has 0 amide bonds. The van der Waals surface area contributed by atoms with E-state index in [1.807, 2.05) is 33.8 Å². The van der Waals surface area contributed by atoms with Crippen molar-refractivity contribution in [2.45, 2.75) is 33.6 Å². The van der Waals surface area contributed by atoms with Crippen molar-refractivity contribution in [3.05, 3.63) is 45.3 Å². The molecule has 20 heavy (non-hydrogen) atoms. The molecule has 0 spiro atoms. The minimum absolute atomic E-state index is 0.183. The van der Waals surface area contributed by atoms with E-state index in [-0.39, 0.29) is 5.92 Å². The van der Waals surface area contributed by atoms with E-state index in [1.54, 1.807) is 12.1 Å². The van der Waals surface area contributed by atoms with Gasteiger partial charge in [-0.3, -0.25) is 0 Å². The van der Waals surface area contributed by atoms with Crippen LogP contribution in [0.3, 0.4) is 0 Å². The predicted molar refractivity (Wildman–Crippen MR) is 82.1 cm³/mol. The number of hydrogen-bond acceptors (Lipinski definition) is 3. The van der Waals surface area contributed by atoms with E-state index >= 15 is 0 Å². The molecule has 0 bridgehead atoms. The molecule has 0 unspecified atom stereocenters. The molecule has 2 aromatic rings. The number of ether oxygens (including phenoxy) is 1. The zero-order chi connectivity index (χ0) is 14.9. The summed E-state index contributed by atoms with van der Waals surface area (Å²) in [7, 11) is 0. The first-order chi connectivity index (χ1) is 9.38. The van der Waals surface area contributed by atoms with Gasteiger partial charge in [0.15, 0.2) is 0 Å². The molecule has 0 saturated carbocycles. The van der Waals surface area contributed by atoms with Gasteiger partial charge in [0.25, 0.3) is 0 Å².